The van der Waals surface area contributed by atoms with Crippen LogP contribution in [0.25, 0.3) is 0 Å². The summed E-state index contributed by atoms with van der Waals surface area (Å²) in [6.07, 6.45) is 0. The predicted octanol–water partition coefficient (Wildman–Crippen LogP) is 3.21. The minimum Gasteiger partial charge on any atom is -0.376 e. The van der Waals surface area contributed by atoms with E-state index >= 15 is 0 Å². The molecule has 120 valence electrons. The maximum absolute atomic E-state index is 12.3. The largest absolute Gasteiger partial charge is 0.376 e. The van der Waals surface area contributed by atoms with E-state index in [0.29, 0.717) is 6.54 Å². The van der Waals surface area contributed by atoms with Gasteiger partial charge < -0.3 is 15.1 Å². The Hall–Kier alpha value is -2.01. The van der Waals surface area contributed by atoms with Crippen molar-refractivity contribution in [3.63, 3.8) is 0 Å². The van der Waals surface area contributed by atoms with Gasteiger partial charge in [-0.2, -0.15) is 0 Å². The van der Waals surface area contributed by atoms with E-state index in [9.17, 15) is 4.79 Å². The van der Waals surface area contributed by atoms with Crippen LogP contribution >= 0.6 is 15.9 Å². The van der Waals surface area contributed by atoms with E-state index in [2.05, 4.69) is 50.4 Å². The van der Waals surface area contributed by atoms with Crippen molar-refractivity contribution < 1.29 is 4.79 Å². The normalized spacial score (nSPS) is 14.7. The van der Waals surface area contributed by atoms with E-state index < -0.39 is 0 Å². The third kappa shape index (κ3) is 4.26. The van der Waals surface area contributed by atoms with Crippen molar-refractivity contribution >= 4 is 33.2 Å². The molecule has 1 amide bonds. The van der Waals surface area contributed by atoms with Gasteiger partial charge in [-0.15, -0.1) is 0 Å². The summed E-state index contributed by atoms with van der Waals surface area (Å²) in [5.41, 5.74) is 2.19. The Morgan fingerprint density at radius 3 is 2.26 bits per heavy atom. The maximum Gasteiger partial charge on any atom is 0.241 e. The number of carbonyl (C=O) groups excluding carboxylic acids is 1. The molecule has 23 heavy (non-hydrogen) atoms. The fourth-order valence-electron chi connectivity index (χ4n) is 2.71. The molecule has 1 saturated heterocycles. The summed E-state index contributed by atoms with van der Waals surface area (Å²) < 4.78 is 1.03. The summed E-state index contributed by atoms with van der Waals surface area (Å²) >= 11 is 3.41. The van der Waals surface area contributed by atoms with Gasteiger partial charge in [-0.05, 0) is 36.4 Å². The van der Waals surface area contributed by atoms with E-state index in [4.69, 9.17) is 0 Å². The fourth-order valence-corrected chi connectivity index (χ4v) is 2.97. The monoisotopic (exact) mass is 373 g/mol. The van der Waals surface area contributed by atoms with Crippen LogP contribution in [0.1, 0.15) is 0 Å². The summed E-state index contributed by atoms with van der Waals surface area (Å²) in [6.45, 7) is 3.65. The second-order valence-corrected chi connectivity index (χ2v) is 6.48. The molecule has 0 aliphatic carbocycles. The average Bonchev–Trinajstić information content (AvgIpc) is 2.62. The van der Waals surface area contributed by atoms with Crippen molar-refractivity contribution in [3.05, 3.63) is 59.1 Å². The van der Waals surface area contributed by atoms with Gasteiger partial charge in [0.1, 0.15) is 0 Å². The minimum absolute atomic E-state index is 0.153. The Kier molecular flexibility index (Phi) is 5.18. The molecule has 1 fully saturated rings. The molecule has 1 heterocycles. The lowest BCUT2D eigenvalue weighted by Crippen LogP contribution is -2.50. The topological polar surface area (TPSA) is 35.6 Å². The standard InChI is InChI=1S/C18H20BrN3O/c19-15-6-8-16(9-7-15)20-14-18(23)22-12-10-21(11-13-22)17-4-2-1-3-5-17/h1-9,20H,10-14H2. The average molecular weight is 374 g/mol. The van der Waals surface area contributed by atoms with Gasteiger partial charge in [-0.1, -0.05) is 34.1 Å². The van der Waals surface area contributed by atoms with Crippen molar-refractivity contribution in [2.45, 2.75) is 0 Å². The van der Waals surface area contributed by atoms with Crippen LogP contribution in [-0.4, -0.2) is 43.5 Å². The Bertz CT molecular complexity index is 637. The van der Waals surface area contributed by atoms with Gasteiger partial charge in [-0.25, -0.2) is 0 Å². The molecule has 0 unspecified atom stereocenters. The molecule has 1 aliphatic heterocycles. The number of benzene rings is 2. The Labute approximate surface area is 145 Å². The molecule has 2 aromatic carbocycles. The number of nitrogens with zero attached hydrogens (tertiary/aromatic N) is 2. The molecule has 2 aromatic rings. The first-order chi connectivity index (χ1) is 11.2. The number of hydrogen-bond acceptors (Lipinski definition) is 3. The zero-order chi connectivity index (χ0) is 16.1. The highest BCUT2D eigenvalue weighted by atomic mass is 79.9. The second kappa shape index (κ2) is 7.51. The lowest BCUT2D eigenvalue weighted by molar-refractivity contribution is -0.129. The van der Waals surface area contributed by atoms with Gasteiger partial charge in [0, 0.05) is 42.0 Å². The second-order valence-electron chi connectivity index (χ2n) is 5.56. The summed E-state index contributed by atoms with van der Waals surface area (Å²) in [5.74, 6) is 0.153. The molecule has 0 spiro atoms. The highest BCUT2D eigenvalue weighted by molar-refractivity contribution is 9.10. The molecule has 0 bridgehead atoms. The molecule has 5 heteroatoms. The summed E-state index contributed by atoms with van der Waals surface area (Å²) in [5, 5.41) is 3.19. The quantitative estimate of drug-likeness (QED) is 0.893. The van der Waals surface area contributed by atoms with Gasteiger partial charge in [0.2, 0.25) is 5.91 Å². The third-order valence-corrected chi connectivity index (χ3v) is 4.57. The van der Waals surface area contributed by atoms with Crippen LogP contribution in [0, 0.1) is 0 Å². The zero-order valence-electron chi connectivity index (χ0n) is 12.9. The summed E-state index contributed by atoms with van der Waals surface area (Å²) in [7, 11) is 0. The van der Waals surface area contributed by atoms with E-state index in [-0.39, 0.29) is 5.91 Å². The molecular weight excluding hydrogens is 354 g/mol. The van der Waals surface area contributed by atoms with Crippen LogP contribution < -0.4 is 10.2 Å². The molecule has 0 aromatic heterocycles. The highest BCUT2D eigenvalue weighted by Crippen LogP contribution is 2.16. The number of anilines is 2. The molecule has 4 nitrogen and oxygen atoms in total. The summed E-state index contributed by atoms with van der Waals surface area (Å²) in [6, 6.07) is 18.2. The SMILES string of the molecule is O=C(CNc1ccc(Br)cc1)N1CCN(c2ccccc2)CC1. The van der Waals surface area contributed by atoms with E-state index in [1.807, 2.05) is 35.2 Å². The number of piperazine rings is 1. The van der Waals surface area contributed by atoms with Crippen molar-refractivity contribution in [1.29, 1.82) is 0 Å². The Balaban J connectivity index is 1.47. The van der Waals surface area contributed by atoms with Gasteiger partial charge in [0.25, 0.3) is 0 Å². The van der Waals surface area contributed by atoms with Crippen molar-refractivity contribution in [2.24, 2.45) is 0 Å². The number of para-hydroxylation sites is 1. The number of hydrogen-bond donors (Lipinski definition) is 1. The first-order valence-corrected chi connectivity index (χ1v) is 8.59. The smallest absolute Gasteiger partial charge is 0.241 e. The van der Waals surface area contributed by atoms with Gasteiger partial charge in [0.05, 0.1) is 6.54 Å². The number of halogens is 1. The van der Waals surface area contributed by atoms with Crippen LogP contribution in [0.4, 0.5) is 11.4 Å². The first-order valence-electron chi connectivity index (χ1n) is 7.79. The van der Waals surface area contributed by atoms with Crippen molar-refractivity contribution in [2.75, 3.05) is 42.9 Å². The molecular formula is C18H20BrN3O. The van der Waals surface area contributed by atoms with Crippen molar-refractivity contribution in [1.82, 2.24) is 4.90 Å². The van der Waals surface area contributed by atoms with Gasteiger partial charge >= 0.3 is 0 Å². The maximum atomic E-state index is 12.3. The van der Waals surface area contributed by atoms with Gasteiger partial charge in [0.15, 0.2) is 0 Å². The molecule has 0 radical (unpaired) electrons. The number of nitrogens with one attached hydrogen (secondary N) is 1. The van der Waals surface area contributed by atoms with E-state index in [0.717, 1.165) is 36.3 Å². The third-order valence-electron chi connectivity index (χ3n) is 4.04. The molecule has 1 N–H and O–H groups in total. The molecule has 0 atom stereocenters. The zero-order valence-corrected chi connectivity index (χ0v) is 14.5. The van der Waals surface area contributed by atoms with Crippen LogP contribution in [0.5, 0.6) is 0 Å². The van der Waals surface area contributed by atoms with Gasteiger partial charge in [-0.3, -0.25) is 4.79 Å². The first kappa shape index (κ1) is 15.9. The van der Waals surface area contributed by atoms with E-state index in [1.54, 1.807) is 0 Å². The highest BCUT2D eigenvalue weighted by Gasteiger charge is 2.20. The molecule has 3 rings (SSSR count). The van der Waals surface area contributed by atoms with E-state index in [1.165, 1.54) is 5.69 Å². The lowest BCUT2D eigenvalue weighted by Gasteiger charge is -2.36. The molecule has 1 aliphatic rings. The van der Waals surface area contributed by atoms with Crippen LogP contribution in [0.3, 0.4) is 0 Å². The van der Waals surface area contributed by atoms with Crippen molar-refractivity contribution in [3.8, 4) is 0 Å². The van der Waals surface area contributed by atoms with Crippen LogP contribution in [0.2, 0.25) is 0 Å². The molecule has 0 saturated carbocycles. The Morgan fingerprint density at radius 2 is 1.61 bits per heavy atom. The fraction of sp³-hybridized carbons (Fsp3) is 0.278. The minimum atomic E-state index is 0.153. The Morgan fingerprint density at radius 1 is 0.957 bits per heavy atom. The van der Waals surface area contributed by atoms with Crippen LogP contribution in [0.15, 0.2) is 59.1 Å². The number of amides is 1. The lowest BCUT2D eigenvalue weighted by atomic mass is 10.2. The number of rotatable bonds is 4. The summed E-state index contributed by atoms with van der Waals surface area (Å²) in [4.78, 5) is 16.6. The number of carbonyl (C=O) groups is 1. The predicted molar refractivity (Wildman–Crippen MR) is 97.9 cm³/mol. The van der Waals surface area contributed by atoms with Crippen LogP contribution in [-0.2, 0) is 4.79 Å².